The van der Waals surface area contributed by atoms with E-state index in [0.29, 0.717) is 6.54 Å². The number of imidazole rings is 1. The lowest BCUT2D eigenvalue weighted by Gasteiger charge is -2.35. The average Bonchev–Trinajstić information content (AvgIpc) is 3.37. The molecule has 5 rings (SSSR count). The normalized spacial score (nSPS) is 14.1. The van der Waals surface area contributed by atoms with Crippen molar-refractivity contribution in [1.82, 2.24) is 14.5 Å². The highest BCUT2D eigenvalue weighted by Gasteiger charge is 2.40. The molecule has 4 aromatic rings. The van der Waals surface area contributed by atoms with Gasteiger partial charge in [0.15, 0.2) is 0 Å². The van der Waals surface area contributed by atoms with Gasteiger partial charge in [0.05, 0.1) is 24.5 Å². The van der Waals surface area contributed by atoms with Crippen LogP contribution < -0.4 is 5.73 Å². The van der Waals surface area contributed by atoms with Crippen LogP contribution in [0.25, 0.3) is 0 Å². The molecule has 0 saturated heterocycles. The standard InChI is InChI=1S/C29H28N4O3.C2HF3O2.H2O/c1-19-14-20(12-13-23(19)30)16-32-18-31-24-17-33(26(29(35)36)15-25(24)32)28(34)27(21-8-4-2-5-9-21)22-10-6-3-7-11-22;3-2(4,5)1(6)7;/h2-14,18,26-27H,15-17,30H2,1H3,(H,35,36);(H,6,7);1H2/t26-;;/m0../s1. The molecule has 3 aromatic carbocycles. The van der Waals surface area contributed by atoms with E-state index in [1.807, 2.05) is 90.4 Å². The van der Waals surface area contributed by atoms with E-state index < -0.39 is 30.1 Å². The smallest absolute Gasteiger partial charge is 0.480 e. The van der Waals surface area contributed by atoms with E-state index in [2.05, 4.69) is 4.98 Å². The molecular formula is C31H31F3N4O6. The number of fused-ring (bicyclic) bond motifs is 1. The number of carboxylic acids is 2. The molecule has 6 N–H and O–H groups in total. The number of nitrogens with two attached hydrogens (primary N) is 1. The van der Waals surface area contributed by atoms with Gasteiger partial charge in [0.1, 0.15) is 6.04 Å². The summed E-state index contributed by atoms with van der Waals surface area (Å²) in [6, 6.07) is 23.9. The van der Waals surface area contributed by atoms with Gasteiger partial charge < -0.3 is 30.9 Å². The van der Waals surface area contributed by atoms with E-state index in [1.165, 1.54) is 4.90 Å². The summed E-state index contributed by atoms with van der Waals surface area (Å²) in [5.74, 6) is -4.62. The van der Waals surface area contributed by atoms with Gasteiger partial charge in [0.25, 0.3) is 0 Å². The lowest BCUT2D eigenvalue weighted by Crippen LogP contribution is -2.50. The van der Waals surface area contributed by atoms with Crippen molar-refractivity contribution in [2.24, 2.45) is 0 Å². The highest BCUT2D eigenvalue weighted by atomic mass is 19.4. The quantitative estimate of drug-likeness (QED) is 0.278. The first kappa shape index (κ1) is 33.3. The summed E-state index contributed by atoms with van der Waals surface area (Å²) in [5.41, 5.74) is 12.0. The largest absolute Gasteiger partial charge is 0.490 e. The summed E-state index contributed by atoms with van der Waals surface area (Å²) in [5, 5.41) is 17.3. The summed E-state index contributed by atoms with van der Waals surface area (Å²) in [6.07, 6.45) is -3.16. The molecule has 0 bridgehead atoms. The number of hydrogen-bond acceptors (Lipinski definition) is 5. The molecule has 2 heterocycles. The Balaban J connectivity index is 0.000000594. The Morgan fingerprint density at radius 3 is 2.00 bits per heavy atom. The molecular weight excluding hydrogens is 581 g/mol. The van der Waals surface area contributed by atoms with Crippen LogP contribution in [0.4, 0.5) is 18.9 Å². The number of nitrogens with zero attached hydrogens (tertiary/aromatic N) is 3. The zero-order chi connectivity index (χ0) is 31.3. The lowest BCUT2D eigenvalue weighted by molar-refractivity contribution is -0.192. The minimum atomic E-state index is -5.08. The van der Waals surface area contributed by atoms with Gasteiger partial charge in [-0.15, -0.1) is 0 Å². The fourth-order valence-electron chi connectivity index (χ4n) is 4.94. The zero-order valence-corrected chi connectivity index (χ0v) is 23.5. The fraction of sp³-hybridized carbons (Fsp3) is 0.226. The van der Waals surface area contributed by atoms with E-state index in [4.69, 9.17) is 15.6 Å². The highest BCUT2D eigenvalue weighted by molar-refractivity contribution is 5.91. The molecule has 44 heavy (non-hydrogen) atoms. The molecule has 0 radical (unpaired) electrons. The van der Waals surface area contributed by atoms with Crippen molar-refractivity contribution >= 4 is 23.5 Å². The molecule has 13 heteroatoms. The van der Waals surface area contributed by atoms with Gasteiger partial charge in [-0.3, -0.25) is 4.79 Å². The lowest BCUT2D eigenvalue weighted by atomic mass is 9.88. The number of aromatic nitrogens is 2. The molecule has 0 saturated carbocycles. The zero-order valence-electron chi connectivity index (χ0n) is 23.5. The van der Waals surface area contributed by atoms with E-state index in [-0.39, 0.29) is 24.3 Å². The van der Waals surface area contributed by atoms with E-state index in [9.17, 15) is 27.9 Å². The van der Waals surface area contributed by atoms with Crippen LogP contribution in [0.1, 0.15) is 39.6 Å². The molecule has 1 atom stereocenters. The molecule has 10 nitrogen and oxygen atoms in total. The number of rotatable bonds is 6. The Hall–Kier alpha value is -5.17. The van der Waals surface area contributed by atoms with Gasteiger partial charge in [0.2, 0.25) is 5.91 Å². The second kappa shape index (κ2) is 13.9. The number of amides is 1. The number of alkyl halides is 3. The summed E-state index contributed by atoms with van der Waals surface area (Å²) < 4.78 is 33.7. The predicted molar refractivity (Wildman–Crippen MR) is 155 cm³/mol. The van der Waals surface area contributed by atoms with Gasteiger partial charge >= 0.3 is 18.1 Å². The highest BCUT2D eigenvalue weighted by Crippen LogP contribution is 2.32. The van der Waals surface area contributed by atoms with E-state index in [1.54, 1.807) is 6.33 Å². The van der Waals surface area contributed by atoms with Crippen molar-refractivity contribution in [2.45, 2.75) is 44.6 Å². The predicted octanol–water partition coefficient (Wildman–Crippen LogP) is 3.80. The van der Waals surface area contributed by atoms with Crippen LogP contribution in [0.15, 0.2) is 85.2 Å². The van der Waals surface area contributed by atoms with Gasteiger partial charge in [-0.05, 0) is 35.2 Å². The van der Waals surface area contributed by atoms with Crippen LogP contribution in [-0.2, 0) is 33.9 Å². The van der Waals surface area contributed by atoms with Gasteiger partial charge in [0, 0.05) is 24.3 Å². The molecule has 1 amide bonds. The van der Waals surface area contributed by atoms with Gasteiger partial charge in [-0.1, -0.05) is 72.8 Å². The minimum absolute atomic E-state index is 0. The maximum atomic E-state index is 14.0. The SMILES string of the molecule is Cc1cc(Cn2cnc3c2C[C@@H](C(=O)O)N(C(=O)C(c2ccccc2)c2ccccc2)C3)ccc1N.O.O=C(O)C(F)(F)F. The van der Waals surface area contributed by atoms with Crippen molar-refractivity contribution in [1.29, 1.82) is 0 Å². The third-order valence-corrected chi connectivity index (χ3v) is 7.13. The Morgan fingerprint density at radius 2 is 1.52 bits per heavy atom. The molecule has 0 spiro atoms. The summed E-state index contributed by atoms with van der Waals surface area (Å²) in [6.45, 7) is 2.66. The molecule has 232 valence electrons. The van der Waals surface area contributed by atoms with Crippen LogP contribution >= 0.6 is 0 Å². The molecule has 1 aromatic heterocycles. The van der Waals surface area contributed by atoms with Crippen molar-refractivity contribution < 1.29 is 43.2 Å². The Morgan fingerprint density at radius 1 is 0.977 bits per heavy atom. The summed E-state index contributed by atoms with van der Waals surface area (Å²) in [4.78, 5) is 41.4. The van der Waals surface area contributed by atoms with Crippen LogP contribution in [0.2, 0.25) is 0 Å². The molecule has 0 fully saturated rings. The first-order valence-electron chi connectivity index (χ1n) is 13.2. The molecule has 0 unspecified atom stereocenters. The molecule has 1 aliphatic rings. The first-order chi connectivity index (χ1) is 20.4. The number of carboxylic acid groups (broad SMARTS) is 2. The second-order valence-electron chi connectivity index (χ2n) is 10.0. The van der Waals surface area contributed by atoms with Gasteiger partial charge in [-0.25, -0.2) is 14.6 Å². The van der Waals surface area contributed by atoms with Crippen LogP contribution in [0.3, 0.4) is 0 Å². The Bertz CT molecular complexity index is 1570. The van der Waals surface area contributed by atoms with Crippen LogP contribution in [0.5, 0.6) is 0 Å². The van der Waals surface area contributed by atoms with Crippen molar-refractivity contribution in [2.75, 3.05) is 5.73 Å². The number of aryl methyl sites for hydroxylation is 1. The second-order valence-corrected chi connectivity index (χ2v) is 10.0. The number of aliphatic carboxylic acids is 2. The van der Waals surface area contributed by atoms with Crippen molar-refractivity contribution in [3.05, 3.63) is 119 Å². The number of hydrogen-bond donors (Lipinski definition) is 3. The monoisotopic (exact) mass is 612 g/mol. The Kier molecular flexibility index (Phi) is 10.5. The topological polar surface area (TPSA) is 170 Å². The van der Waals surface area contributed by atoms with Crippen LogP contribution in [-0.4, -0.2) is 60.2 Å². The van der Waals surface area contributed by atoms with Crippen molar-refractivity contribution in [3.8, 4) is 0 Å². The first-order valence-corrected chi connectivity index (χ1v) is 13.2. The van der Waals surface area contributed by atoms with E-state index >= 15 is 0 Å². The minimum Gasteiger partial charge on any atom is -0.480 e. The number of carbonyl (C=O) groups excluding carboxylic acids is 1. The van der Waals surface area contributed by atoms with Crippen molar-refractivity contribution in [3.63, 3.8) is 0 Å². The number of anilines is 1. The number of halogens is 3. The maximum absolute atomic E-state index is 14.0. The molecule has 1 aliphatic heterocycles. The third kappa shape index (κ3) is 7.61. The van der Waals surface area contributed by atoms with Gasteiger partial charge in [-0.2, -0.15) is 13.2 Å². The molecule has 0 aliphatic carbocycles. The summed E-state index contributed by atoms with van der Waals surface area (Å²) in [7, 11) is 0. The number of carbonyl (C=O) groups is 3. The fourth-order valence-corrected chi connectivity index (χ4v) is 4.94. The maximum Gasteiger partial charge on any atom is 0.490 e. The van der Waals surface area contributed by atoms with E-state index in [0.717, 1.165) is 39.3 Å². The Labute approximate surface area is 250 Å². The number of nitrogen functional groups attached to an aromatic ring is 1. The number of benzene rings is 3. The summed E-state index contributed by atoms with van der Waals surface area (Å²) >= 11 is 0. The average molecular weight is 613 g/mol. The van der Waals surface area contributed by atoms with Crippen LogP contribution in [0, 0.1) is 6.92 Å². The third-order valence-electron chi connectivity index (χ3n) is 7.13.